The first-order valence-corrected chi connectivity index (χ1v) is 5.31. The number of benzene rings is 1. The van der Waals surface area contributed by atoms with Crippen molar-refractivity contribution in [2.45, 2.75) is 12.6 Å². The van der Waals surface area contributed by atoms with Gasteiger partial charge in [-0.2, -0.15) is 13.2 Å². The van der Waals surface area contributed by atoms with Gasteiger partial charge in [0.1, 0.15) is 0 Å². The predicted molar refractivity (Wildman–Crippen MR) is 58.8 cm³/mol. The van der Waals surface area contributed by atoms with Crippen LogP contribution in [0.2, 0.25) is 10.0 Å². The lowest BCUT2D eigenvalue weighted by molar-refractivity contribution is -0.171. The molecule has 16 heavy (non-hydrogen) atoms. The molecule has 0 amide bonds. The van der Waals surface area contributed by atoms with Crippen LogP contribution in [0.3, 0.4) is 0 Å². The lowest BCUT2D eigenvalue weighted by Crippen LogP contribution is -2.32. The molecule has 0 aliphatic carbocycles. The van der Waals surface area contributed by atoms with Crippen molar-refractivity contribution in [3.63, 3.8) is 0 Å². The summed E-state index contributed by atoms with van der Waals surface area (Å²) in [6, 6.07) is 4.41. The van der Waals surface area contributed by atoms with Gasteiger partial charge in [-0.15, -0.1) is 0 Å². The normalized spacial score (nSPS) is 13.9. The second kappa shape index (κ2) is 5.25. The second-order valence-electron chi connectivity index (χ2n) is 3.41. The Morgan fingerprint density at radius 2 is 1.88 bits per heavy atom. The largest absolute Gasteiger partial charge is 0.393 e. The van der Waals surface area contributed by atoms with Gasteiger partial charge >= 0.3 is 6.18 Å². The molecule has 0 saturated carbocycles. The maximum Gasteiger partial charge on any atom is 0.393 e. The summed E-state index contributed by atoms with van der Waals surface area (Å²) in [4.78, 5) is 0. The molecule has 1 aromatic carbocycles. The van der Waals surface area contributed by atoms with E-state index in [4.69, 9.17) is 28.9 Å². The minimum absolute atomic E-state index is 0.226. The van der Waals surface area contributed by atoms with E-state index in [9.17, 15) is 13.2 Å². The summed E-state index contributed by atoms with van der Waals surface area (Å²) in [6.07, 6.45) is -4.53. The van der Waals surface area contributed by atoms with Crippen LogP contribution in [-0.2, 0) is 6.42 Å². The van der Waals surface area contributed by atoms with Crippen LogP contribution in [0.5, 0.6) is 0 Å². The van der Waals surface area contributed by atoms with Gasteiger partial charge in [0.25, 0.3) is 0 Å². The van der Waals surface area contributed by atoms with E-state index in [-0.39, 0.29) is 11.4 Å². The lowest BCUT2D eigenvalue weighted by Gasteiger charge is -2.18. The minimum atomic E-state index is -4.31. The zero-order valence-corrected chi connectivity index (χ0v) is 9.70. The third-order valence-corrected chi connectivity index (χ3v) is 2.82. The van der Waals surface area contributed by atoms with Crippen molar-refractivity contribution in [1.82, 2.24) is 0 Å². The molecule has 1 unspecified atom stereocenters. The Bertz CT molecular complexity index is 366. The van der Waals surface area contributed by atoms with Gasteiger partial charge in [-0.1, -0.05) is 29.3 Å². The molecule has 0 fully saturated rings. The average molecular weight is 272 g/mol. The van der Waals surface area contributed by atoms with E-state index in [0.717, 1.165) is 0 Å². The van der Waals surface area contributed by atoms with Crippen LogP contribution in [0.15, 0.2) is 18.2 Å². The quantitative estimate of drug-likeness (QED) is 0.892. The van der Waals surface area contributed by atoms with Crippen LogP contribution in [0.25, 0.3) is 0 Å². The monoisotopic (exact) mass is 271 g/mol. The van der Waals surface area contributed by atoms with E-state index >= 15 is 0 Å². The summed E-state index contributed by atoms with van der Waals surface area (Å²) in [7, 11) is 0. The molecule has 0 aliphatic heterocycles. The highest BCUT2D eigenvalue weighted by atomic mass is 35.5. The maximum absolute atomic E-state index is 12.5. The van der Waals surface area contributed by atoms with Crippen LogP contribution >= 0.6 is 23.2 Å². The van der Waals surface area contributed by atoms with Crippen LogP contribution in [0.1, 0.15) is 5.56 Å². The predicted octanol–water partition coefficient (Wildman–Crippen LogP) is 3.67. The molecule has 0 spiro atoms. The van der Waals surface area contributed by atoms with E-state index in [1.54, 1.807) is 0 Å². The summed E-state index contributed by atoms with van der Waals surface area (Å²) < 4.78 is 37.4. The van der Waals surface area contributed by atoms with Crippen LogP contribution in [0, 0.1) is 5.92 Å². The first-order valence-electron chi connectivity index (χ1n) is 4.55. The zero-order chi connectivity index (χ0) is 12.3. The third-order valence-electron chi connectivity index (χ3n) is 2.23. The van der Waals surface area contributed by atoms with Gasteiger partial charge in [0.15, 0.2) is 0 Å². The van der Waals surface area contributed by atoms with Gasteiger partial charge in [-0.05, 0) is 24.1 Å². The molecule has 0 aromatic heterocycles. The van der Waals surface area contributed by atoms with E-state index in [1.807, 2.05) is 0 Å². The molecule has 2 N–H and O–H groups in total. The fourth-order valence-electron chi connectivity index (χ4n) is 1.29. The van der Waals surface area contributed by atoms with Crippen molar-refractivity contribution in [2.24, 2.45) is 11.7 Å². The summed E-state index contributed by atoms with van der Waals surface area (Å²) in [5.41, 5.74) is 5.50. The minimum Gasteiger partial charge on any atom is -0.330 e. The Balaban J connectivity index is 2.86. The van der Waals surface area contributed by atoms with Gasteiger partial charge in [0.2, 0.25) is 0 Å². The van der Waals surface area contributed by atoms with Gasteiger partial charge in [-0.3, -0.25) is 0 Å². The Morgan fingerprint density at radius 3 is 2.31 bits per heavy atom. The molecule has 1 nitrogen and oxygen atoms in total. The molecule has 0 bridgehead atoms. The highest BCUT2D eigenvalue weighted by Gasteiger charge is 2.38. The van der Waals surface area contributed by atoms with E-state index in [1.165, 1.54) is 18.2 Å². The molecule has 1 aromatic rings. The van der Waals surface area contributed by atoms with Crippen molar-refractivity contribution in [3.8, 4) is 0 Å². The molecule has 1 atom stereocenters. The van der Waals surface area contributed by atoms with Gasteiger partial charge in [-0.25, -0.2) is 0 Å². The number of halogens is 5. The Hall–Kier alpha value is -0.450. The topological polar surface area (TPSA) is 26.0 Å². The SMILES string of the molecule is NCC(Cc1ccc(Cl)cc1Cl)C(F)(F)F. The second-order valence-corrected chi connectivity index (χ2v) is 4.26. The number of alkyl halides is 3. The highest BCUT2D eigenvalue weighted by molar-refractivity contribution is 6.35. The molecular formula is C10H10Cl2F3N. The van der Waals surface area contributed by atoms with Crippen LogP contribution in [-0.4, -0.2) is 12.7 Å². The summed E-state index contributed by atoms with van der Waals surface area (Å²) in [5.74, 6) is -1.58. The summed E-state index contributed by atoms with van der Waals surface area (Å²) in [5, 5.41) is 0.625. The van der Waals surface area contributed by atoms with Crippen molar-refractivity contribution in [3.05, 3.63) is 33.8 Å². The number of hydrogen-bond donors (Lipinski definition) is 1. The number of nitrogens with two attached hydrogens (primary N) is 1. The maximum atomic E-state index is 12.5. The van der Waals surface area contributed by atoms with Gasteiger partial charge in [0.05, 0.1) is 5.92 Å². The van der Waals surface area contributed by atoms with Crippen LogP contribution in [0.4, 0.5) is 13.2 Å². The van der Waals surface area contributed by atoms with E-state index in [2.05, 4.69) is 0 Å². The van der Waals surface area contributed by atoms with E-state index in [0.29, 0.717) is 10.6 Å². The molecule has 6 heteroatoms. The molecule has 0 aliphatic rings. The van der Waals surface area contributed by atoms with Crippen LogP contribution < -0.4 is 5.73 Å². The number of hydrogen-bond acceptors (Lipinski definition) is 1. The van der Waals surface area contributed by atoms with Crippen molar-refractivity contribution in [1.29, 1.82) is 0 Å². The molecule has 0 heterocycles. The van der Waals surface area contributed by atoms with E-state index < -0.39 is 18.6 Å². The lowest BCUT2D eigenvalue weighted by atomic mass is 9.99. The standard InChI is InChI=1S/C10H10Cl2F3N/c11-8-2-1-6(9(12)4-8)3-7(5-16)10(13,14)15/h1-2,4,7H,3,5,16H2. The molecule has 0 saturated heterocycles. The van der Waals surface area contributed by atoms with Gasteiger partial charge in [0, 0.05) is 16.6 Å². The molecule has 1 rings (SSSR count). The fourth-order valence-corrected chi connectivity index (χ4v) is 1.77. The third kappa shape index (κ3) is 3.54. The molecule has 90 valence electrons. The fraction of sp³-hybridized carbons (Fsp3) is 0.400. The smallest absolute Gasteiger partial charge is 0.330 e. The highest BCUT2D eigenvalue weighted by Crippen LogP contribution is 2.31. The molecular weight excluding hydrogens is 262 g/mol. The van der Waals surface area contributed by atoms with Crippen molar-refractivity contribution >= 4 is 23.2 Å². The first kappa shape index (κ1) is 13.6. The van der Waals surface area contributed by atoms with Crippen molar-refractivity contribution < 1.29 is 13.2 Å². The Kier molecular flexibility index (Phi) is 4.47. The number of rotatable bonds is 3. The first-order chi connectivity index (χ1) is 7.34. The Labute approximate surface area is 101 Å². The van der Waals surface area contributed by atoms with Crippen molar-refractivity contribution in [2.75, 3.05) is 6.54 Å². The molecule has 0 radical (unpaired) electrons. The summed E-state index contributed by atoms with van der Waals surface area (Å²) >= 11 is 11.4. The zero-order valence-electron chi connectivity index (χ0n) is 8.19. The van der Waals surface area contributed by atoms with Gasteiger partial charge < -0.3 is 5.73 Å². The average Bonchev–Trinajstić information content (AvgIpc) is 2.14. The Morgan fingerprint density at radius 1 is 1.25 bits per heavy atom. The summed E-state index contributed by atoms with van der Waals surface area (Å²) in [6.45, 7) is -0.456.